The van der Waals surface area contributed by atoms with Crippen molar-refractivity contribution < 1.29 is 9.18 Å². The van der Waals surface area contributed by atoms with Gasteiger partial charge in [0.15, 0.2) is 0 Å². The molecule has 2 atom stereocenters. The fourth-order valence-electron chi connectivity index (χ4n) is 3.79. The Labute approximate surface area is 184 Å². The Balaban J connectivity index is 1.70. The molecule has 0 radical (unpaired) electrons. The van der Waals surface area contributed by atoms with Gasteiger partial charge in [-0.25, -0.2) is 14.4 Å². The molecule has 1 aliphatic heterocycles. The van der Waals surface area contributed by atoms with E-state index in [4.69, 9.17) is 0 Å². The van der Waals surface area contributed by atoms with Gasteiger partial charge in [-0.3, -0.25) is 4.79 Å². The van der Waals surface area contributed by atoms with Crippen LogP contribution in [0.3, 0.4) is 0 Å². The molecule has 3 aromatic rings. The number of hydrogen-bond acceptors (Lipinski definition) is 7. The molecule has 1 aliphatic rings. The number of nitrogens with one attached hydrogen (secondary N) is 2. The molecular weight excluding hydrogens is 413 g/mol. The third-order valence-electron chi connectivity index (χ3n) is 5.30. The summed E-state index contributed by atoms with van der Waals surface area (Å²) < 4.78 is 13.4. The average molecular weight is 436 g/mol. The highest BCUT2D eigenvalue weighted by Gasteiger charge is 2.33. The zero-order valence-electron chi connectivity index (χ0n) is 17.1. The number of benzene rings is 1. The standard InChI is InChI=1S/C23H22FN5OS/c1-14-28-21(23(31-14)16-5-7-17(24)8-6-16)22(30)20(18-4-2-3-10-26-18)29-19-12-15(13-25)9-11-27-19/h5-9,11-12,18,20,26H,2-4,10H2,1H3,(H,27,29)/t18?,20-/m0/s1. The summed E-state index contributed by atoms with van der Waals surface area (Å²) in [6, 6.07) is 10.8. The van der Waals surface area contributed by atoms with E-state index >= 15 is 0 Å². The number of Topliss-reactive ketones (excluding diaryl/α,β-unsaturated/α-hetero) is 1. The third-order valence-corrected chi connectivity index (χ3v) is 6.32. The lowest BCUT2D eigenvalue weighted by atomic mass is 9.92. The van der Waals surface area contributed by atoms with E-state index in [1.54, 1.807) is 30.5 Å². The molecule has 1 unspecified atom stereocenters. The van der Waals surface area contributed by atoms with Crippen molar-refractivity contribution in [2.24, 2.45) is 0 Å². The molecule has 8 heteroatoms. The molecule has 158 valence electrons. The summed E-state index contributed by atoms with van der Waals surface area (Å²) >= 11 is 1.42. The summed E-state index contributed by atoms with van der Waals surface area (Å²) in [5.41, 5.74) is 1.60. The van der Waals surface area contributed by atoms with E-state index in [2.05, 4.69) is 26.7 Å². The van der Waals surface area contributed by atoms with Crippen molar-refractivity contribution in [2.75, 3.05) is 11.9 Å². The summed E-state index contributed by atoms with van der Waals surface area (Å²) in [5, 5.41) is 16.7. The summed E-state index contributed by atoms with van der Waals surface area (Å²) in [4.78, 5) is 23.3. The van der Waals surface area contributed by atoms with Crippen LogP contribution in [0.2, 0.25) is 0 Å². The topological polar surface area (TPSA) is 90.7 Å². The Kier molecular flexibility index (Phi) is 6.35. The monoisotopic (exact) mass is 435 g/mol. The van der Waals surface area contributed by atoms with Crippen LogP contribution in [-0.4, -0.2) is 34.4 Å². The van der Waals surface area contributed by atoms with E-state index in [0.717, 1.165) is 41.3 Å². The van der Waals surface area contributed by atoms with Crippen molar-refractivity contribution >= 4 is 22.9 Å². The molecule has 1 saturated heterocycles. The number of anilines is 1. The Morgan fingerprint density at radius 1 is 1.32 bits per heavy atom. The van der Waals surface area contributed by atoms with Crippen molar-refractivity contribution in [1.29, 1.82) is 5.26 Å². The molecule has 0 bridgehead atoms. The van der Waals surface area contributed by atoms with Gasteiger partial charge in [-0.05, 0) is 56.1 Å². The molecule has 3 heterocycles. The number of hydrogen-bond donors (Lipinski definition) is 2. The number of carbonyl (C=O) groups is 1. The van der Waals surface area contributed by atoms with Crippen LogP contribution in [-0.2, 0) is 0 Å². The minimum Gasteiger partial charge on any atom is -0.358 e. The predicted molar refractivity (Wildman–Crippen MR) is 119 cm³/mol. The Morgan fingerprint density at radius 2 is 2.13 bits per heavy atom. The molecule has 6 nitrogen and oxygen atoms in total. The average Bonchev–Trinajstić information content (AvgIpc) is 3.20. The van der Waals surface area contributed by atoms with Gasteiger partial charge in [0.05, 0.1) is 21.5 Å². The number of thiazole rings is 1. The molecule has 0 amide bonds. The SMILES string of the molecule is Cc1nc(C(=O)[C@@H](Nc2cc(C#N)ccn2)C2CCCCN2)c(-c2ccc(F)cc2)s1. The maximum absolute atomic E-state index is 13.8. The zero-order valence-corrected chi connectivity index (χ0v) is 17.9. The van der Waals surface area contributed by atoms with Gasteiger partial charge in [0.2, 0.25) is 5.78 Å². The van der Waals surface area contributed by atoms with Gasteiger partial charge >= 0.3 is 0 Å². The van der Waals surface area contributed by atoms with Crippen LogP contribution in [0.25, 0.3) is 10.4 Å². The Bertz CT molecular complexity index is 1120. The lowest BCUT2D eigenvalue weighted by molar-refractivity contribution is 0.0942. The van der Waals surface area contributed by atoms with Crippen LogP contribution in [0, 0.1) is 24.1 Å². The smallest absolute Gasteiger partial charge is 0.206 e. The molecule has 0 spiro atoms. The normalized spacial score (nSPS) is 17.0. The summed E-state index contributed by atoms with van der Waals surface area (Å²) in [6.07, 6.45) is 4.48. The van der Waals surface area contributed by atoms with Crippen LogP contribution in [0.4, 0.5) is 10.2 Å². The number of rotatable bonds is 6. The zero-order chi connectivity index (χ0) is 21.8. The Morgan fingerprint density at radius 3 is 2.84 bits per heavy atom. The van der Waals surface area contributed by atoms with Gasteiger partial charge in [0.1, 0.15) is 23.4 Å². The Hall–Kier alpha value is -3.15. The van der Waals surface area contributed by atoms with Crippen LogP contribution >= 0.6 is 11.3 Å². The van der Waals surface area contributed by atoms with Gasteiger partial charge in [0.25, 0.3) is 0 Å². The number of aryl methyl sites for hydroxylation is 1. The first-order valence-electron chi connectivity index (χ1n) is 10.2. The summed E-state index contributed by atoms with van der Waals surface area (Å²) in [7, 11) is 0. The molecule has 31 heavy (non-hydrogen) atoms. The number of nitriles is 1. The molecule has 1 aromatic carbocycles. The minimum absolute atomic E-state index is 0.0862. The minimum atomic E-state index is -0.595. The lowest BCUT2D eigenvalue weighted by Crippen LogP contribution is -2.51. The first-order valence-corrected chi connectivity index (χ1v) is 11.0. The van der Waals surface area contributed by atoms with Crippen molar-refractivity contribution in [3.63, 3.8) is 0 Å². The first kappa shape index (κ1) is 21.1. The number of carbonyl (C=O) groups excluding carboxylic acids is 1. The fourth-order valence-corrected chi connectivity index (χ4v) is 4.72. The second kappa shape index (κ2) is 9.33. The van der Waals surface area contributed by atoms with E-state index in [-0.39, 0.29) is 17.6 Å². The first-order chi connectivity index (χ1) is 15.0. The number of halogens is 1. The highest BCUT2D eigenvalue weighted by molar-refractivity contribution is 7.15. The van der Waals surface area contributed by atoms with Crippen molar-refractivity contribution in [2.45, 2.75) is 38.3 Å². The van der Waals surface area contributed by atoms with Gasteiger partial charge in [0, 0.05) is 12.2 Å². The predicted octanol–water partition coefficient (Wildman–Crippen LogP) is 4.33. The third kappa shape index (κ3) is 4.79. The molecule has 2 N–H and O–H groups in total. The number of ketones is 1. The number of aromatic nitrogens is 2. The van der Waals surface area contributed by atoms with Crippen LogP contribution in [0.1, 0.15) is 40.3 Å². The summed E-state index contributed by atoms with van der Waals surface area (Å²) in [6.45, 7) is 2.69. The van der Waals surface area contributed by atoms with Crippen molar-refractivity contribution in [1.82, 2.24) is 15.3 Å². The van der Waals surface area contributed by atoms with Crippen LogP contribution < -0.4 is 10.6 Å². The quantitative estimate of drug-likeness (QED) is 0.560. The van der Waals surface area contributed by atoms with E-state index in [1.807, 2.05) is 6.92 Å². The maximum atomic E-state index is 13.8. The number of nitrogens with zero attached hydrogens (tertiary/aromatic N) is 3. The van der Waals surface area contributed by atoms with E-state index in [1.165, 1.54) is 23.5 Å². The number of pyridine rings is 1. The molecule has 4 rings (SSSR count). The van der Waals surface area contributed by atoms with E-state index in [0.29, 0.717) is 17.1 Å². The maximum Gasteiger partial charge on any atom is 0.206 e. The largest absolute Gasteiger partial charge is 0.358 e. The highest BCUT2D eigenvalue weighted by Crippen LogP contribution is 2.32. The molecule has 1 fully saturated rings. The summed E-state index contributed by atoms with van der Waals surface area (Å²) in [5.74, 6) is -0.000413. The van der Waals surface area contributed by atoms with Gasteiger partial charge < -0.3 is 10.6 Å². The number of piperidine rings is 1. The fraction of sp³-hybridized carbons (Fsp3) is 0.304. The molecule has 0 saturated carbocycles. The van der Waals surface area contributed by atoms with Crippen LogP contribution in [0.15, 0.2) is 42.6 Å². The second-order valence-corrected chi connectivity index (χ2v) is 8.70. The van der Waals surface area contributed by atoms with Gasteiger partial charge in [-0.15, -0.1) is 11.3 Å². The molecular formula is C23H22FN5OS. The van der Waals surface area contributed by atoms with Crippen molar-refractivity contribution in [3.8, 4) is 16.5 Å². The second-order valence-electron chi connectivity index (χ2n) is 7.50. The van der Waals surface area contributed by atoms with Crippen LogP contribution in [0.5, 0.6) is 0 Å². The molecule has 0 aliphatic carbocycles. The molecule has 2 aromatic heterocycles. The highest BCUT2D eigenvalue weighted by atomic mass is 32.1. The van der Waals surface area contributed by atoms with E-state index < -0.39 is 6.04 Å². The van der Waals surface area contributed by atoms with Crippen molar-refractivity contribution in [3.05, 3.63) is 64.7 Å². The van der Waals surface area contributed by atoms with Gasteiger partial charge in [-0.2, -0.15) is 5.26 Å². The van der Waals surface area contributed by atoms with E-state index in [9.17, 15) is 14.4 Å². The lowest BCUT2D eigenvalue weighted by Gasteiger charge is -2.31. The van der Waals surface area contributed by atoms with Gasteiger partial charge in [-0.1, -0.05) is 18.6 Å².